The minimum absolute atomic E-state index is 0.0815. The van der Waals surface area contributed by atoms with Crippen molar-refractivity contribution < 1.29 is 26.8 Å². The van der Waals surface area contributed by atoms with Crippen molar-refractivity contribution in [2.75, 3.05) is 5.32 Å². The summed E-state index contributed by atoms with van der Waals surface area (Å²) in [5, 5.41) is 5.75. The first-order valence-corrected chi connectivity index (χ1v) is 13.6. The van der Waals surface area contributed by atoms with E-state index in [9.17, 15) is 17.7 Å². The van der Waals surface area contributed by atoms with Crippen molar-refractivity contribution in [1.82, 2.24) is 5.32 Å². The first-order valence-electron chi connectivity index (χ1n) is 11.2. The summed E-state index contributed by atoms with van der Waals surface area (Å²) in [6.07, 6.45) is -4.53. The van der Waals surface area contributed by atoms with E-state index in [-0.39, 0.29) is 27.3 Å². The highest BCUT2D eigenvalue weighted by Crippen LogP contribution is 2.59. The number of hydrogen-bond acceptors (Lipinski definition) is 4. The zero-order valence-corrected chi connectivity index (χ0v) is 22.0. The number of benzene rings is 4. The standard InChI is InChI=1S/C27H21ClF3N2O3PS/c28-24-17-8-7-16-23(24)25(33-26(38)32-20-11-9-10-19(18-20)27(29,30)31)37(34,35-21-12-3-1-4-13-21)36-22-14-5-2-6-15-22/h1-18,25H,(H2,32,33,38)/t25-/m0/s1. The molecule has 0 saturated heterocycles. The molecule has 0 heterocycles. The summed E-state index contributed by atoms with van der Waals surface area (Å²) in [5.74, 6) is -0.716. The third kappa shape index (κ3) is 7.07. The number of halogens is 4. The molecule has 0 spiro atoms. The molecule has 2 N–H and O–H groups in total. The molecule has 4 rings (SSSR count). The topological polar surface area (TPSA) is 59.6 Å². The highest BCUT2D eigenvalue weighted by Gasteiger charge is 2.42. The molecule has 0 fully saturated rings. The van der Waals surface area contributed by atoms with E-state index in [0.29, 0.717) is 5.56 Å². The molecule has 0 aliphatic rings. The van der Waals surface area contributed by atoms with Crippen LogP contribution in [-0.4, -0.2) is 5.11 Å². The Morgan fingerprint density at radius 3 is 1.92 bits per heavy atom. The second kappa shape index (κ2) is 11.9. The van der Waals surface area contributed by atoms with Gasteiger partial charge in [-0.15, -0.1) is 0 Å². The summed E-state index contributed by atoms with van der Waals surface area (Å²) in [5.41, 5.74) is -0.422. The third-order valence-corrected chi connectivity index (χ3v) is 7.72. The molecule has 0 saturated carbocycles. The molecule has 0 amide bonds. The smallest absolute Gasteiger partial charge is 0.414 e. The number of hydrogen-bond donors (Lipinski definition) is 2. The zero-order chi connectivity index (χ0) is 27.2. The van der Waals surface area contributed by atoms with Gasteiger partial charge in [0.05, 0.1) is 5.56 Å². The van der Waals surface area contributed by atoms with Crippen LogP contribution in [0.3, 0.4) is 0 Å². The fourth-order valence-corrected chi connectivity index (χ4v) is 6.05. The maximum absolute atomic E-state index is 14.6. The number of anilines is 1. The van der Waals surface area contributed by atoms with E-state index in [1.54, 1.807) is 84.9 Å². The van der Waals surface area contributed by atoms with Crippen molar-refractivity contribution >= 4 is 42.2 Å². The highest BCUT2D eigenvalue weighted by molar-refractivity contribution is 7.80. The highest BCUT2D eigenvalue weighted by atomic mass is 35.5. The Hall–Kier alpha value is -3.52. The van der Waals surface area contributed by atoms with Crippen molar-refractivity contribution in [2.24, 2.45) is 0 Å². The van der Waals surface area contributed by atoms with Crippen molar-refractivity contribution in [3.63, 3.8) is 0 Å². The molecule has 1 atom stereocenters. The average molecular weight is 577 g/mol. The monoisotopic (exact) mass is 576 g/mol. The van der Waals surface area contributed by atoms with Gasteiger partial charge in [-0.05, 0) is 60.7 Å². The quantitative estimate of drug-likeness (QED) is 0.162. The van der Waals surface area contributed by atoms with E-state index in [1.807, 2.05) is 0 Å². The lowest BCUT2D eigenvalue weighted by atomic mass is 10.2. The van der Waals surface area contributed by atoms with Crippen LogP contribution in [0.5, 0.6) is 11.5 Å². The van der Waals surface area contributed by atoms with E-state index in [0.717, 1.165) is 12.1 Å². The molecular formula is C27H21ClF3N2O3PS. The van der Waals surface area contributed by atoms with Crippen LogP contribution in [-0.2, 0) is 10.7 Å². The fourth-order valence-electron chi connectivity index (χ4n) is 3.47. The van der Waals surface area contributed by atoms with Gasteiger partial charge < -0.3 is 19.7 Å². The molecule has 4 aromatic carbocycles. The van der Waals surface area contributed by atoms with Crippen LogP contribution in [0.4, 0.5) is 18.9 Å². The lowest BCUT2D eigenvalue weighted by Crippen LogP contribution is -2.34. The molecule has 38 heavy (non-hydrogen) atoms. The first kappa shape index (κ1) is 27.5. The lowest BCUT2D eigenvalue weighted by molar-refractivity contribution is -0.137. The number of nitrogens with one attached hydrogen (secondary N) is 2. The molecule has 0 bridgehead atoms. The van der Waals surface area contributed by atoms with E-state index in [4.69, 9.17) is 32.9 Å². The van der Waals surface area contributed by atoms with Gasteiger partial charge in [0.25, 0.3) is 0 Å². The molecule has 11 heteroatoms. The van der Waals surface area contributed by atoms with Gasteiger partial charge in [0.1, 0.15) is 11.5 Å². The number of rotatable bonds is 8. The van der Waals surface area contributed by atoms with Gasteiger partial charge in [-0.3, -0.25) is 0 Å². The van der Waals surface area contributed by atoms with Gasteiger partial charge in [-0.1, -0.05) is 72.3 Å². The molecule has 0 aliphatic heterocycles. The van der Waals surface area contributed by atoms with Crippen molar-refractivity contribution in [3.05, 3.63) is 125 Å². The molecule has 0 radical (unpaired) electrons. The second-order valence-electron chi connectivity index (χ2n) is 7.95. The summed E-state index contributed by atoms with van der Waals surface area (Å²) in [6, 6.07) is 28.0. The van der Waals surface area contributed by atoms with Crippen LogP contribution in [0.1, 0.15) is 16.9 Å². The predicted molar refractivity (Wildman–Crippen MR) is 147 cm³/mol. The van der Waals surface area contributed by atoms with Gasteiger partial charge in [0.15, 0.2) is 10.9 Å². The first-order chi connectivity index (χ1) is 18.1. The summed E-state index contributed by atoms with van der Waals surface area (Å²) >= 11 is 11.9. The molecule has 4 aromatic rings. The van der Waals surface area contributed by atoms with Crippen molar-refractivity contribution in [2.45, 2.75) is 12.0 Å². The molecule has 0 aliphatic carbocycles. The molecule has 5 nitrogen and oxygen atoms in total. The summed E-state index contributed by atoms with van der Waals surface area (Å²) in [6.45, 7) is 0. The molecule has 0 aromatic heterocycles. The predicted octanol–water partition coefficient (Wildman–Crippen LogP) is 8.70. The molecule has 196 valence electrons. The number of thiocarbonyl (C=S) groups is 1. The zero-order valence-electron chi connectivity index (χ0n) is 19.6. The van der Waals surface area contributed by atoms with Crippen molar-refractivity contribution in [3.8, 4) is 11.5 Å². The Morgan fingerprint density at radius 2 is 1.37 bits per heavy atom. The van der Waals surface area contributed by atoms with Crippen LogP contribution in [0.2, 0.25) is 5.02 Å². The van der Waals surface area contributed by atoms with Gasteiger partial charge in [0, 0.05) is 16.3 Å². The van der Waals surface area contributed by atoms with Gasteiger partial charge in [0.2, 0.25) is 0 Å². The lowest BCUT2D eigenvalue weighted by Gasteiger charge is -2.30. The van der Waals surface area contributed by atoms with Crippen LogP contribution >= 0.6 is 31.4 Å². The minimum Gasteiger partial charge on any atom is -0.414 e. The average Bonchev–Trinajstić information content (AvgIpc) is 2.88. The largest absolute Gasteiger partial charge is 0.457 e. The number of para-hydroxylation sites is 2. The normalized spacial score (nSPS) is 12.3. The summed E-state index contributed by atoms with van der Waals surface area (Å²) in [4.78, 5) is 0. The maximum atomic E-state index is 14.6. The Balaban J connectivity index is 1.72. The second-order valence-corrected chi connectivity index (χ2v) is 10.7. The van der Waals surface area contributed by atoms with E-state index in [2.05, 4.69) is 10.6 Å². The van der Waals surface area contributed by atoms with E-state index >= 15 is 0 Å². The fraction of sp³-hybridized carbons (Fsp3) is 0.0741. The van der Waals surface area contributed by atoms with E-state index in [1.165, 1.54) is 12.1 Å². The van der Waals surface area contributed by atoms with Gasteiger partial charge in [-0.2, -0.15) is 13.2 Å². The Morgan fingerprint density at radius 1 is 0.816 bits per heavy atom. The van der Waals surface area contributed by atoms with Crippen molar-refractivity contribution in [1.29, 1.82) is 0 Å². The minimum atomic E-state index is -4.53. The number of alkyl halides is 3. The summed E-state index contributed by atoms with van der Waals surface area (Å²) < 4.78 is 66.1. The van der Waals surface area contributed by atoms with Gasteiger partial charge in [-0.25, -0.2) is 4.57 Å². The molecular weight excluding hydrogens is 556 g/mol. The molecule has 0 unspecified atom stereocenters. The summed E-state index contributed by atoms with van der Waals surface area (Å²) in [7, 11) is -4.22. The SMILES string of the molecule is O=P(Oc1ccccc1)(Oc1ccccc1)[C@H](NC(=S)Nc1cccc(C(F)(F)F)c1)c1ccccc1Cl. The van der Waals surface area contributed by atoms with Crippen LogP contribution in [0.25, 0.3) is 0 Å². The maximum Gasteiger partial charge on any atom is 0.457 e. The van der Waals surface area contributed by atoms with E-state index < -0.39 is 25.1 Å². The Labute approximate surface area is 228 Å². The van der Waals surface area contributed by atoms with Crippen LogP contribution in [0, 0.1) is 0 Å². The Bertz CT molecular complexity index is 1400. The third-order valence-electron chi connectivity index (χ3n) is 5.18. The Kier molecular flexibility index (Phi) is 8.62. The van der Waals surface area contributed by atoms with Crippen LogP contribution in [0.15, 0.2) is 109 Å². The van der Waals surface area contributed by atoms with Gasteiger partial charge >= 0.3 is 13.8 Å². The van der Waals surface area contributed by atoms with Crippen LogP contribution < -0.4 is 19.7 Å².